The maximum atomic E-state index is 12.4. The second-order valence-electron chi connectivity index (χ2n) is 6.34. The number of likely N-dealkylation sites (tertiary alicyclic amines) is 1. The van der Waals surface area contributed by atoms with Crippen molar-refractivity contribution in [2.24, 2.45) is 7.05 Å². The van der Waals surface area contributed by atoms with E-state index in [0.29, 0.717) is 25.9 Å². The minimum Gasteiger partial charge on any atom is -0.341 e. The monoisotopic (exact) mass is 342 g/mol. The molecule has 130 valence electrons. The molecule has 1 amide bonds. The molecule has 0 bridgehead atoms. The summed E-state index contributed by atoms with van der Waals surface area (Å²) >= 11 is 0. The number of carbonyl (C=O) groups excluding carboxylic acids is 1. The van der Waals surface area contributed by atoms with Crippen LogP contribution in [-0.2, 0) is 28.3 Å². The molecule has 0 aliphatic carbocycles. The number of nitrogens with zero attached hydrogens (tertiary/aromatic N) is 3. The lowest BCUT2D eigenvalue weighted by Gasteiger charge is -2.32. The summed E-state index contributed by atoms with van der Waals surface area (Å²) in [5, 5.41) is 4.37. The maximum absolute atomic E-state index is 12.4. The third-order valence-electron chi connectivity index (χ3n) is 4.40. The molecule has 1 aromatic rings. The normalized spacial score (nSPS) is 19.1. The van der Waals surface area contributed by atoms with Crippen LogP contribution in [0.5, 0.6) is 0 Å². The van der Waals surface area contributed by atoms with Gasteiger partial charge in [0.05, 0.1) is 11.9 Å². The van der Waals surface area contributed by atoms with Gasteiger partial charge in [-0.15, -0.1) is 0 Å². The first-order valence-electron chi connectivity index (χ1n) is 7.91. The van der Waals surface area contributed by atoms with Crippen LogP contribution in [0.1, 0.15) is 36.2 Å². The Morgan fingerprint density at radius 3 is 2.65 bits per heavy atom. The second kappa shape index (κ2) is 7.00. The molecule has 2 rings (SSSR count). The number of nitrogens with one attached hydrogen (secondary N) is 1. The van der Waals surface area contributed by atoms with Gasteiger partial charge in [0, 0.05) is 38.3 Å². The van der Waals surface area contributed by atoms with Gasteiger partial charge in [0.15, 0.2) is 0 Å². The molecule has 0 radical (unpaired) electrons. The van der Waals surface area contributed by atoms with Crippen molar-refractivity contribution >= 4 is 15.9 Å². The van der Waals surface area contributed by atoms with Gasteiger partial charge in [0.25, 0.3) is 0 Å². The van der Waals surface area contributed by atoms with Gasteiger partial charge in [-0.1, -0.05) is 0 Å². The Hall–Kier alpha value is -1.41. The smallest absolute Gasteiger partial charge is 0.222 e. The van der Waals surface area contributed by atoms with E-state index in [1.165, 1.54) is 0 Å². The predicted molar refractivity (Wildman–Crippen MR) is 88.6 cm³/mol. The van der Waals surface area contributed by atoms with Crippen LogP contribution in [-0.4, -0.2) is 54.4 Å². The number of hydrogen-bond acceptors (Lipinski definition) is 4. The Labute approximate surface area is 138 Å². The molecule has 0 unspecified atom stereocenters. The molecular weight excluding hydrogens is 316 g/mol. The van der Waals surface area contributed by atoms with Crippen LogP contribution in [0.15, 0.2) is 0 Å². The summed E-state index contributed by atoms with van der Waals surface area (Å²) in [7, 11) is -1.33. The molecule has 1 aromatic heterocycles. The fourth-order valence-corrected chi connectivity index (χ4v) is 3.97. The standard InChI is InChI=1S/C15H26N4O3S/c1-11-14(12(2)18(3)16-11)7-8-15(20)19-9-5-6-13(10-19)17-23(4,21)22/h13,17H,5-10H2,1-4H3/t13-/m0/s1. The Balaban J connectivity index is 1.92. The van der Waals surface area contributed by atoms with Crippen molar-refractivity contribution in [2.45, 2.75) is 45.6 Å². The van der Waals surface area contributed by atoms with Crippen molar-refractivity contribution in [3.05, 3.63) is 17.0 Å². The molecule has 0 saturated carbocycles. The number of amides is 1. The lowest BCUT2D eigenvalue weighted by molar-refractivity contribution is -0.132. The number of hydrogen-bond donors (Lipinski definition) is 1. The van der Waals surface area contributed by atoms with Crippen LogP contribution in [0.4, 0.5) is 0 Å². The summed E-state index contributed by atoms with van der Waals surface area (Å²) in [5.41, 5.74) is 3.18. The van der Waals surface area contributed by atoms with Gasteiger partial charge < -0.3 is 4.90 Å². The summed E-state index contributed by atoms with van der Waals surface area (Å²) < 4.78 is 27.1. The van der Waals surface area contributed by atoms with E-state index < -0.39 is 10.0 Å². The molecular formula is C15H26N4O3S. The van der Waals surface area contributed by atoms with E-state index in [9.17, 15) is 13.2 Å². The van der Waals surface area contributed by atoms with Crippen LogP contribution in [0, 0.1) is 13.8 Å². The quantitative estimate of drug-likeness (QED) is 0.845. The third kappa shape index (κ3) is 4.78. The fourth-order valence-electron chi connectivity index (χ4n) is 3.17. The van der Waals surface area contributed by atoms with Crippen LogP contribution in [0.3, 0.4) is 0 Å². The van der Waals surface area contributed by atoms with E-state index in [-0.39, 0.29) is 11.9 Å². The molecule has 23 heavy (non-hydrogen) atoms. The van der Waals surface area contributed by atoms with Crippen molar-refractivity contribution in [2.75, 3.05) is 19.3 Å². The summed E-state index contributed by atoms with van der Waals surface area (Å²) in [4.78, 5) is 14.2. The average Bonchev–Trinajstić information content (AvgIpc) is 2.68. The molecule has 1 atom stereocenters. The molecule has 2 heterocycles. The van der Waals surface area contributed by atoms with E-state index in [2.05, 4.69) is 9.82 Å². The summed E-state index contributed by atoms with van der Waals surface area (Å²) in [6, 6.07) is -0.176. The van der Waals surface area contributed by atoms with Crippen molar-refractivity contribution in [1.82, 2.24) is 19.4 Å². The minimum atomic E-state index is -3.24. The molecule has 8 heteroatoms. The molecule has 0 aromatic carbocycles. The zero-order valence-electron chi connectivity index (χ0n) is 14.3. The first-order chi connectivity index (χ1) is 10.7. The first-order valence-corrected chi connectivity index (χ1v) is 9.80. The number of aryl methyl sites for hydroxylation is 2. The van der Waals surface area contributed by atoms with Crippen LogP contribution >= 0.6 is 0 Å². The highest BCUT2D eigenvalue weighted by Crippen LogP contribution is 2.17. The van der Waals surface area contributed by atoms with Crippen LogP contribution < -0.4 is 4.72 Å². The molecule has 1 aliphatic rings. The van der Waals surface area contributed by atoms with Crippen molar-refractivity contribution in [1.29, 1.82) is 0 Å². The van der Waals surface area contributed by atoms with E-state index in [0.717, 1.165) is 36.0 Å². The lowest BCUT2D eigenvalue weighted by Crippen LogP contribution is -2.49. The molecule has 0 spiro atoms. The van der Waals surface area contributed by atoms with Gasteiger partial charge in [-0.25, -0.2) is 13.1 Å². The molecule has 7 nitrogen and oxygen atoms in total. The fraction of sp³-hybridized carbons (Fsp3) is 0.733. The molecule has 1 saturated heterocycles. The van der Waals surface area contributed by atoms with E-state index in [4.69, 9.17) is 0 Å². The summed E-state index contributed by atoms with van der Waals surface area (Å²) in [6.07, 6.45) is 3.85. The second-order valence-corrected chi connectivity index (χ2v) is 8.12. The van der Waals surface area contributed by atoms with Crippen molar-refractivity contribution < 1.29 is 13.2 Å². The van der Waals surface area contributed by atoms with E-state index >= 15 is 0 Å². The van der Waals surface area contributed by atoms with E-state index in [1.54, 1.807) is 4.90 Å². The summed E-state index contributed by atoms with van der Waals surface area (Å²) in [5.74, 6) is 0.0765. The summed E-state index contributed by atoms with van der Waals surface area (Å²) in [6.45, 7) is 5.12. The third-order valence-corrected chi connectivity index (χ3v) is 5.16. The SMILES string of the molecule is Cc1nn(C)c(C)c1CCC(=O)N1CCC[C@H](NS(C)(=O)=O)C1. The predicted octanol–water partition coefficient (Wildman–Crippen LogP) is 0.510. The van der Waals surface area contributed by atoms with Gasteiger partial charge in [0.1, 0.15) is 0 Å². The van der Waals surface area contributed by atoms with Crippen molar-refractivity contribution in [3.8, 4) is 0 Å². The maximum Gasteiger partial charge on any atom is 0.222 e. The highest BCUT2D eigenvalue weighted by atomic mass is 32.2. The minimum absolute atomic E-state index is 0.0765. The van der Waals surface area contributed by atoms with Gasteiger partial charge in [-0.3, -0.25) is 9.48 Å². The van der Waals surface area contributed by atoms with Crippen molar-refractivity contribution in [3.63, 3.8) is 0 Å². The molecule has 1 N–H and O–H groups in total. The number of piperidine rings is 1. The van der Waals surface area contributed by atoms with Crippen LogP contribution in [0.2, 0.25) is 0 Å². The Kier molecular flexibility index (Phi) is 5.46. The Morgan fingerprint density at radius 2 is 2.09 bits per heavy atom. The molecule has 1 fully saturated rings. The number of carbonyl (C=O) groups is 1. The Morgan fingerprint density at radius 1 is 1.39 bits per heavy atom. The molecule has 1 aliphatic heterocycles. The zero-order valence-corrected chi connectivity index (χ0v) is 15.1. The largest absolute Gasteiger partial charge is 0.341 e. The Bertz CT molecular complexity index is 681. The van der Waals surface area contributed by atoms with Gasteiger partial charge >= 0.3 is 0 Å². The zero-order chi connectivity index (χ0) is 17.2. The highest BCUT2D eigenvalue weighted by molar-refractivity contribution is 7.88. The number of rotatable bonds is 5. The van der Waals surface area contributed by atoms with Gasteiger partial charge in [0.2, 0.25) is 15.9 Å². The topological polar surface area (TPSA) is 84.3 Å². The lowest BCUT2D eigenvalue weighted by atomic mass is 10.0. The van der Waals surface area contributed by atoms with Gasteiger partial charge in [-0.05, 0) is 38.7 Å². The number of aromatic nitrogens is 2. The van der Waals surface area contributed by atoms with Crippen LogP contribution in [0.25, 0.3) is 0 Å². The highest BCUT2D eigenvalue weighted by Gasteiger charge is 2.25. The number of sulfonamides is 1. The van der Waals surface area contributed by atoms with Gasteiger partial charge in [-0.2, -0.15) is 5.10 Å². The van der Waals surface area contributed by atoms with E-state index in [1.807, 2.05) is 25.6 Å². The first kappa shape index (κ1) is 17.9. The average molecular weight is 342 g/mol.